The first kappa shape index (κ1) is 25.3. The van der Waals surface area contributed by atoms with Crippen molar-refractivity contribution in [2.45, 2.75) is 41.5 Å². The number of rotatable bonds is 5. The van der Waals surface area contributed by atoms with Gasteiger partial charge in [-0.15, -0.1) is 30.0 Å². The van der Waals surface area contributed by atoms with Gasteiger partial charge in [-0.2, -0.15) is 0 Å². The highest BCUT2D eigenvalue weighted by molar-refractivity contribution is 5.67. The smallest absolute Gasteiger partial charge is 0.130 e. The predicted octanol–water partition coefficient (Wildman–Crippen LogP) is 6.49. The van der Waals surface area contributed by atoms with E-state index in [9.17, 15) is 0 Å². The number of nitrogens with zero attached hydrogens (tertiary/aromatic N) is 8. The summed E-state index contributed by atoms with van der Waals surface area (Å²) in [6, 6.07) is 24.8. The van der Waals surface area contributed by atoms with E-state index in [1.807, 2.05) is 24.3 Å². The van der Waals surface area contributed by atoms with Gasteiger partial charge < -0.3 is 0 Å². The summed E-state index contributed by atoms with van der Waals surface area (Å²) in [6.45, 7) is 12.5. The molecule has 0 amide bonds. The quantitative estimate of drug-likeness (QED) is 0.255. The fourth-order valence-corrected chi connectivity index (χ4v) is 5.49. The molecular formula is C32H30N8. The van der Waals surface area contributed by atoms with Gasteiger partial charge in [0.1, 0.15) is 0 Å². The molecule has 0 atom stereocenters. The molecule has 0 saturated heterocycles. The van der Waals surface area contributed by atoms with Crippen molar-refractivity contribution in [1.82, 2.24) is 40.4 Å². The molecule has 0 fully saturated rings. The van der Waals surface area contributed by atoms with Crippen LogP contribution in [0.5, 0.6) is 0 Å². The van der Waals surface area contributed by atoms with E-state index in [0.29, 0.717) is 11.6 Å². The lowest BCUT2D eigenvalue weighted by Crippen LogP contribution is -2.00. The molecular weight excluding hydrogens is 496 g/mol. The van der Waals surface area contributed by atoms with E-state index in [1.165, 1.54) is 11.1 Å². The van der Waals surface area contributed by atoms with E-state index in [2.05, 4.69) is 121 Å². The van der Waals surface area contributed by atoms with Gasteiger partial charge in [-0.1, -0.05) is 59.7 Å². The Balaban J connectivity index is 1.21. The topological polar surface area (TPSA) is 87.2 Å². The van der Waals surface area contributed by atoms with Crippen LogP contribution >= 0.6 is 0 Å². The average Bonchev–Trinajstić information content (AvgIpc) is 3.59. The van der Waals surface area contributed by atoms with Crippen molar-refractivity contribution in [3.05, 3.63) is 106 Å². The first-order valence-corrected chi connectivity index (χ1v) is 13.2. The van der Waals surface area contributed by atoms with Crippen molar-refractivity contribution in [2.75, 3.05) is 0 Å². The van der Waals surface area contributed by atoms with Gasteiger partial charge in [0.05, 0.1) is 11.4 Å². The molecule has 6 aromatic rings. The van der Waals surface area contributed by atoms with Crippen molar-refractivity contribution in [3.8, 4) is 45.3 Å². The molecule has 198 valence electrons. The zero-order valence-corrected chi connectivity index (χ0v) is 23.5. The number of hydrogen-bond donors (Lipinski definition) is 0. The van der Waals surface area contributed by atoms with Crippen LogP contribution in [-0.2, 0) is 0 Å². The van der Waals surface area contributed by atoms with Crippen molar-refractivity contribution in [2.24, 2.45) is 0 Å². The Morgan fingerprint density at radius 1 is 0.450 bits per heavy atom. The van der Waals surface area contributed by atoms with Crippen molar-refractivity contribution in [1.29, 1.82) is 0 Å². The Morgan fingerprint density at radius 2 is 0.775 bits per heavy atom. The Kier molecular flexibility index (Phi) is 6.30. The van der Waals surface area contributed by atoms with Crippen LogP contribution in [0.1, 0.15) is 33.4 Å². The van der Waals surface area contributed by atoms with E-state index in [4.69, 9.17) is 0 Å². The molecule has 0 N–H and O–H groups in total. The maximum Gasteiger partial charge on any atom is 0.205 e. The molecule has 2 heterocycles. The number of aryl methyl sites for hydroxylation is 6. The first-order valence-electron chi connectivity index (χ1n) is 13.2. The maximum atomic E-state index is 4.66. The van der Waals surface area contributed by atoms with Crippen molar-refractivity contribution in [3.63, 3.8) is 0 Å². The third kappa shape index (κ3) is 4.68. The van der Waals surface area contributed by atoms with Gasteiger partial charge >= 0.3 is 0 Å². The second-order valence-corrected chi connectivity index (χ2v) is 10.4. The molecule has 0 aliphatic rings. The highest BCUT2D eigenvalue weighted by atomic mass is 15.6. The van der Waals surface area contributed by atoms with E-state index in [0.717, 1.165) is 55.9 Å². The van der Waals surface area contributed by atoms with Gasteiger partial charge in [-0.05, 0) is 110 Å². The molecule has 6 rings (SSSR count). The summed E-state index contributed by atoms with van der Waals surface area (Å²) in [4.78, 5) is 3.15. The number of benzene rings is 4. The van der Waals surface area contributed by atoms with Gasteiger partial charge in [-0.3, -0.25) is 0 Å². The minimum Gasteiger partial charge on any atom is -0.130 e. The number of aromatic nitrogens is 8. The summed E-state index contributed by atoms with van der Waals surface area (Å²) in [5.41, 5.74) is 13.0. The van der Waals surface area contributed by atoms with Crippen LogP contribution in [-0.4, -0.2) is 40.4 Å². The predicted molar refractivity (Wildman–Crippen MR) is 157 cm³/mol. The third-order valence-electron chi connectivity index (χ3n) is 7.16. The van der Waals surface area contributed by atoms with Crippen LogP contribution < -0.4 is 0 Å². The summed E-state index contributed by atoms with van der Waals surface area (Å²) >= 11 is 0. The van der Waals surface area contributed by atoms with Crippen LogP contribution in [0, 0.1) is 41.5 Å². The third-order valence-corrected chi connectivity index (χ3v) is 7.16. The largest absolute Gasteiger partial charge is 0.205 e. The fourth-order valence-electron chi connectivity index (χ4n) is 5.49. The van der Waals surface area contributed by atoms with E-state index < -0.39 is 0 Å². The Labute approximate surface area is 233 Å². The summed E-state index contributed by atoms with van der Waals surface area (Å²) in [5.74, 6) is 1.26. The van der Waals surface area contributed by atoms with Crippen molar-refractivity contribution >= 4 is 0 Å². The molecule has 0 spiro atoms. The monoisotopic (exact) mass is 526 g/mol. The molecule has 0 saturated carbocycles. The molecule has 8 nitrogen and oxygen atoms in total. The lowest BCUT2D eigenvalue weighted by molar-refractivity contribution is 0.720. The van der Waals surface area contributed by atoms with Crippen LogP contribution in [0.4, 0.5) is 0 Å². The zero-order valence-electron chi connectivity index (χ0n) is 23.5. The number of tetrazole rings is 2. The SMILES string of the molecule is Cc1cc(C)c(-c2nnn(-c3ccc(-c4ccc(-n5nnc(-c6c(C)cc(C)cc6C)n5)cc4)cc3)n2)c(C)c1. The van der Waals surface area contributed by atoms with Gasteiger partial charge in [0.25, 0.3) is 0 Å². The highest BCUT2D eigenvalue weighted by Gasteiger charge is 2.15. The minimum absolute atomic E-state index is 0.632. The fraction of sp³-hybridized carbons (Fsp3) is 0.188. The first-order chi connectivity index (χ1) is 19.3. The summed E-state index contributed by atoms with van der Waals surface area (Å²) < 4.78 is 0. The molecule has 0 aliphatic carbocycles. The van der Waals surface area contributed by atoms with Crippen LogP contribution in [0.2, 0.25) is 0 Å². The van der Waals surface area contributed by atoms with E-state index in [1.54, 1.807) is 9.59 Å². The second-order valence-electron chi connectivity index (χ2n) is 10.4. The summed E-state index contributed by atoms with van der Waals surface area (Å²) in [6.07, 6.45) is 0. The normalized spacial score (nSPS) is 11.2. The van der Waals surface area contributed by atoms with Gasteiger partial charge in [0.15, 0.2) is 0 Å². The van der Waals surface area contributed by atoms with Crippen molar-refractivity contribution < 1.29 is 0 Å². The van der Waals surface area contributed by atoms with E-state index >= 15 is 0 Å². The lowest BCUT2D eigenvalue weighted by Gasteiger charge is -2.07. The molecule has 4 aromatic carbocycles. The average molecular weight is 527 g/mol. The van der Waals surface area contributed by atoms with Gasteiger partial charge in [0.2, 0.25) is 11.6 Å². The summed E-state index contributed by atoms with van der Waals surface area (Å²) in [5, 5.41) is 26.6. The second kappa shape index (κ2) is 9.96. The molecule has 0 bridgehead atoms. The molecule has 0 radical (unpaired) electrons. The minimum atomic E-state index is 0.632. The lowest BCUT2D eigenvalue weighted by atomic mass is 9.99. The number of hydrogen-bond acceptors (Lipinski definition) is 6. The zero-order chi connectivity index (χ0) is 28.0. The molecule has 0 unspecified atom stereocenters. The van der Waals surface area contributed by atoms with Gasteiger partial charge in [-0.25, -0.2) is 0 Å². The maximum absolute atomic E-state index is 4.66. The van der Waals surface area contributed by atoms with Crippen LogP contribution in [0.3, 0.4) is 0 Å². The summed E-state index contributed by atoms with van der Waals surface area (Å²) in [7, 11) is 0. The standard InChI is InChI=1S/C32H30N8/c1-19-15-21(3)29(22(4)16-19)31-33-37-39(35-31)27-11-7-25(8-12-27)26-9-13-28(14-10-26)40-36-32(34-38-40)30-23(5)17-20(2)18-24(30)6/h7-18H,1-6H3. The van der Waals surface area contributed by atoms with Crippen LogP contribution in [0.15, 0.2) is 72.8 Å². The molecule has 40 heavy (non-hydrogen) atoms. The Morgan fingerprint density at radius 3 is 1.10 bits per heavy atom. The van der Waals surface area contributed by atoms with Crippen LogP contribution in [0.25, 0.3) is 45.3 Å². The highest BCUT2D eigenvalue weighted by Crippen LogP contribution is 2.28. The van der Waals surface area contributed by atoms with Gasteiger partial charge in [0, 0.05) is 11.1 Å². The molecule has 0 aliphatic heterocycles. The Hall–Kier alpha value is -4.98. The Bertz CT molecular complexity index is 1660. The molecule has 2 aromatic heterocycles. The van der Waals surface area contributed by atoms with E-state index in [-0.39, 0.29) is 0 Å². The molecule has 8 heteroatoms.